The fraction of sp³-hybridized carbons (Fsp3) is 0.333. The van der Waals surface area contributed by atoms with E-state index in [-0.39, 0.29) is 24.5 Å². The van der Waals surface area contributed by atoms with Gasteiger partial charge in [-0.1, -0.05) is 17.7 Å². The summed E-state index contributed by atoms with van der Waals surface area (Å²) >= 11 is 0. The summed E-state index contributed by atoms with van der Waals surface area (Å²) in [7, 11) is 1.46. The molecule has 1 rings (SSSR count). The van der Waals surface area contributed by atoms with Gasteiger partial charge < -0.3 is 25.1 Å². The molecule has 0 saturated carbocycles. The van der Waals surface area contributed by atoms with E-state index in [2.05, 4.69) is 5.32 Å². The molecule has 1 aliphatic heterocycles. The van der Waals surface area contributed by atoms with E-state index >= 15 is 0 Å². The molecule has 0 saturated heterocycles. The van der Waals surface area contributed by atoms with Gasteiger partial charge in [0.25, 0.3) is 0 Å². The number of allylic oxidation sites excluding steroid dienone is 2. The first-order valence-electron chi connectivity index (χ1n) is 3.53. The van der Waals surface area contributed by atoms with Crippen molar-refractivity contribution >= 4 is 6.75 Å². The van der Waals surface area contributed by atoms with Crippen LogP contribution in [0.2, 0.25) is 0 Å². The summed E-state index contributed by atoms with van der Waals surface area (Å²) in [5.41, 5.74) is -0.0515. The van der Waals surface area contributed by atoms with Gasteiger partial charge in [0.2, 0.25) is 0 Å². The van der Waals surface area contributed by atoms with Crippen LogP contribution in [0.15, 0.2) is 23.8 Å². The van der Waals surface area contributed by atoms with E-state index in [1.54, 1.807) is 12.2 Å². The van der Waals surface area contributed by atoms with Gasteiger partial charge in [-0.2, -0.15) is 0 Å². The number of hydrogen-bond donors (Lipinski definition) is 4. The second kappa shape index (κ2) is 4.86. The predicted octanol–water partition coefficient (Wildman–Crippen LogP) is -4.54. The second-order valence-electron chi connectivity index (χ2n) is 2.54. The topological polar surface area (TPSA) is 82.0 Å². The molecule has 0 spiro atoms. The molecule has 1 unspecified atom stereocenters. The zero-order valence-corrected chi connectivity index (χ0v) is 7.64. The minimum atomic E-state index is -3.45. The fourth-order valence-corrected chi connectivity index (χ4v) is 0.899. The molecule has 0 aromatic carbocycles. The van der Waals surface area contributed by atoms with Crippen LogP contribution in [0.5, 0.6) is 0 Å². The molecule has 4 N–H and O–H groups in total. The molecule has 5 nitrogen and oxygen atoms in total. The Morgan fingerprint density at radius 3 is 2.54 bits per heavy atom. The predicted molar refractivity (Wildman–Crippen MR) is 43.6 cm³/mol. The normalized spacial score (nSPS) is 21.5. The number of hydrogen-bond acceptors (Lipinski definition) is 5. The van der Waals surface area contributed by atoms with Crippen LogP contribution in [0.3, 0.4) is 0 Å². The monoisotopic (exact) mass is 179 g/mol. The summed E-state index contributed by atoms with van der Waals surface area (Å²) in [5.74, 6) is 0. The molecular weight excluding hydrogens is 168 g/mol. The van der Waals surface area contributed by atoms with Crippen molar-refractivity contribution < 1.29 is 38.7 Å². The Kier molecular flexibility index (Phi) is 4.78. The third kappa shape index (κ3) is 3.57. The molecule has 0 fully saturated rings. The summed E-state index contributed by atoms with van der Waals surface area (Å²) in [5, 5.41) is 29.0. The Hall–Kier alpha value is -0.218. The van der Waals surface area contributed by atoms with E-state index in [0.29, 0.717) is 0 Å². The molecule has 0 aliphatic carbocycles. The van der Waals surface area contributed by atoms with Crippen molar-refractivity contribution in [3.63, 3.8) is 0 Å². The SMILES string of the molecule is COC1C=CC=C([B-](O)(O)O)N1.[Li+]. The third-order valence-corrected chi connectivity index (χ3v) is 1.54. The molecule has 0 bridgehead atoms. The Morgan fingerprint density at radius 1 is 1.46 bits per heavy atom. The van der Waals surface area contributed by atoms with E-state index in [0.717, 1.165) is 0 Å². The summed E-state index contributed by atoms with van der Waals surface area (Å²) in [6.07, 6.45) is 4.18. The van der Waals surface area contributed by atoms with Crippen LogP contribution in [0.1, 0.15) is 0 Å². The standard InChI is InChI=1S/C6H11BNO4.Li/c1-12-6-4-2-3-5(8-6)7(9,10)11;/h2-4,6,8-11H,1H3;/q-1;+1. The molecular formula is C6H11BLiNO4. The summed E-state index contributed by atoms with van der Waals surface area (Å²) in [6, 6.07) is 0. The average Bonchev–Trinajstić information content (AvgIpc) is 2.03. The Balaban J connectivity index is 0.00000144. The first kappa shape index (κ1) is 12.8. The Labute approximate surface area is 88.3 Å². The van der Waals surface area contributed by atoms with Crippen molar-refractivity contribution in [3.05, 3.63) is 23.8 Å². The van der Waals surface area contributed by atoms with E-state index in [1.165, 1.54) is 13.2 Å². The van der Waals surface area contributed by atoms with Crippen LogP contribution >= 0.6 is 0 Å². The molecule has 1 atom stereocenters. The van der Waals surface area contributed by atoms with Crippen LogP contribution in [-0.4, -0.2) is 35.2 Å². The number of dihydropyridines is 1. The zero-order chi connectivity index (χ0) is 9.19. The molecule has 1 aliphatic rings. The van der Waals surface area contributed by atoms with Crippen LogP contribution < -0.4 is 24.2 Å². The van der Waals surface area contributed by atoms with Crippen LogP contribution in [0.4, 0.5) is 0 Å². The third-order valence-electron chi connectivity index (χ3n) is 1.54. The maximum Gasteiger partial charge on any atom is 1.00 e. The van der Waals surface area contributed by atoms with Gasteiger partial charge >= 0.3 is 25.6 Å². The van der Waals surface area contributed by atoms with E-state index in [1.807, 2.05) is 0 Å². The van der Waals surface area contributed by atoms with Gasteiger partial charge in [0.05, 0.1) is 0 Å². The second-order valence-corrected chi connectivity index (χ2v) is 2.54. The quantitative estimate of drug-likeness (QED) is 0.321. The maximum absolute atomic E-state index is 8.81. The van der Waals surface area contributed by atoms with Gasteiger partial charge in [0.1, 0.15) is 6.23 Å². The number of methoxy groups -OCH3 is 1. The van der Waals surface area contributed by atoms with Crippen molar-refractivity contribution in [1.82, 2.24) is 5.32 Å². The molecule has 0 aromatic rings. The molecule has 1 heterocycles. The van der Waals surface area contributed by atoms with Crippen LogP contribution in [0.25, 0.3) is 0 Å². The first-order valence-corrected chi connectivity index (χ1v) is 3.53. The van der Waals surface area contributed by atoms with E-state index in [4.69, 9.17) is 19.8 Å². The van der Waals surface area contributed by atoms with Crippen molar-refractivity contribution in [1.29, 1.82) is 0 Å². The van der Waals surface area contributed by atoms with Crippen molar-refractivity contribution in [2.24, 2.45) is 0 Å². The molecule has 68 valence electrons. The zero-order valence-electron chi connectivity index (χ0n) is 7.64. The van der Waals surface area contributed by atoms with Crippen molar-refractivity contribution in [2.45, 2.75) is 6.23 Å². The largest absolute Gasteiger partial charge is 1.00 e. The van der Waals surface area contributed by atoms with Gasteiger partial charge in [-0.15, -0.1) is 0 Å². The van der Waals surface area contributed by atoms with E-state index < -0.39 is 13.0 Å². The number of rotatable bonds is 2. The minimum absolute atomic E-state index is 0. The maximum atomic E-state index is 8.81. The van der Waals surface area contributed by atoms with Gasteiger partial charge in [-0.3, -0.25) is 0 Å². The minimum Gasteiger partial charge on any atom is -0.555 e. The summed E-state index contributed by atoms with van der Waals surface area (Å²) in [4.78, 5) is 0. The van der Waals surface area contributed by atoms with Crippen molar-refractivity contribution in [2.75, 3.05) is 7.11 Å². The van der Waals surface area contributed by atoms with Gasteiger partial charge in [-0.25, -0.2) is 0 Å². The smallest absolute Gasteiger partial charge is 0.555 e. The average molecular weight is 179 g/mol. The molecule has 0 radical (unpaired) electrons. The van der Waals surface area contributed by atoms with Crippen LogP contribution in [0, 0.1) is 0 Å². The number of nitrogens with one attached hydrogen (secondary N) is 1. The summed E-state index contributed by atoms with van der Waals surface area (Å²) in [6.45, 7) is -3.45. The molecule has 7 heteroatoms. The van der Waals surface area contributed by atoms with Gasteiger partial charge in [0.15, 0.2) is 0 Å². The number of ether oxygens (including phenoxy) is 1. The Bertz CT molecular complexity index is 225. The summed E-state index contributed by atoms with van der Waals surface area (Å²) < 4.78 is 4.85. The fourth-order valence-electron chi connectivity index (χ4n) is 0.899. The van der Waals surface area contributed by atoms with Gasteiger partial charge in [0, 0.05) is 7.11 Å². The molecule has 0 aromatic heterocycles. The molecule has 0 amide bonds. The van der Waals surface area contributed by atoms with Gasteiger partial charge in [-0.05, 0) is 6.08 Å². The molecule has 13 heavy (non-hydrogen) atoms. The van der Waals surface area contributed by atoms with E-state index in [9.17, 15) is 0 Å². The van der Waals surface area contributed by atoms with Crippen LogP contribution in [-0.2, 0) is 4.74 Å². The van der Waals surface area contributed by atoms with Crippen molar-refractivity contribution in [3.8, 4) is 0 Å². The Morgan fingerprint density at radius 2 is 2.08 bits per heavy atom. The first-order chi connectivity index (χ1) is 5.54.